The van der Waals surface area contributed by atoms with Gasteiger partial charge < -0.3 is 9.13 Å². The van der Waals surface area contributed by atoms with Crippen LogP contribution in [-0.2, 0) is 0 Å². The summed E-state index contributed by atoms with van der Waals surface area (Å²) in [5.74, 6) is 0. The topological polar surface area (TPSA) is 9.86 Å². The largest absolute Gasteiger partial charge is 0.309 e. The number of fused-ring (bicyclic) bond motifs is 6. The van der Waals surface area contributed by atoms with Gasteiger partial charge in [0.2, 0.25) is 0 Å². The van der Waals surface area contributed by atoms with Crippen LogP contribution in [0.4, 0.5) is 0 Å². The summed E-state index contributed by atoms with van der Waals surface area (Å²) < 4.78 is 5.99. The molecule has 0 aliphatic rings. The van der Waals surface area contributed by atoms with Gasteiger partial charge in [0.1, 0.15) is 8.07 Å². The number of aromatic nitrogens is 2. The highest BCUT2D eigenvalue weighted by Crippen LogP contribution is 2.37. The summed E-state index contributed by atoms with van der Waals surface area (Å²) in [5.41, 5.74) is 9.54. The third kappa shape index (κ3) is 4.59. The summed E-state index contributed by atoms with van der Waals surface area (Å²) >= 11 is 3.61. The van der Waals surface area contributed by atoms with Gasteiger partial charge in [0, 0.05) is 37.4 Å². The molecular formula is C44H33BrN2Si. The summed E-state index contributed by atoms with van der Waals surface area (Å²) in [6.07, 6.45) is 0. The van der Waals surface area contributed by atoms with E-state index in [2.05, 4.69) is 202 Å². The van der Waals surface area contributed by atoms with Crippen molar-refractivity contribution in [2.24, 2.45) is 0 Å². The van der Waals surface area contributed by atoms with E-state index in [1.54, 1.807) is 0 Å². The van der Waals surface area contributed by atoms with Crippen molar-refractivity contribution < 1.29 is 0 Å². The average molecular weight is 698 g/mol. The lowest BCUT2D eigenvalue weighted by molar-refractivity contribution is 1.13. The zero-order valence-corrected chi connectivity index (χ0v) is 29.4. The van der Waals surface area contributed by atoms with Crippen LogP contribution in [0.1, 0.15) is 0 Å². The molecule has 0 radical (unpaired) electrons. The van der Waals surface area contributed by atoms with Crippen molar-refractivity contribution in [2.75, 3.05) is 0 Å². The van der Waals surface area contributed by atoms with E-state index in [1.165, 1.54) is 65.1 Å². The van der Waals surface area contributed by atoms with Crippen LogP contribution in [0.15, 0.2) is 168 Å². The smallest absolute Gasteiger partial charge is 0.112 e. The van der Waals surface area contributed by atoms with Crippen molar-refractivity contribution in [1.82, 2.24) is 9.13 Å². The van der Waals surface area contributed by atoms with E-state index in [4.69, 9.17) is 0 Å². The molecule has 4 heteroatoms. The first-order chi connectivity index (χ1) is 23.5. The number of rotatable bonds is 5. The SMILES string of the molecule is C[Si](C)(c1ccc(Br)cc1)c1ccc(-c2cc(-n3c4ccccc4c4ccccc43)cc(-n3c4ccccc4c4ccccc43)c2)cc1. The summed E-state index contributed by atoms with van der Waals surface area (Å²) in [4.78, 5) is 0. The van der Waals surface area contributed by atoms with Crippen molar-refractivity contribution in [3.63, 3.8) is 0 Å². The van der Waals surface area contributed by atoms with Gasteiger partial charge in [-0.15, -0.1) is 0 Å². The van der Waals surface area contributed by atoms with Crippen LogP contribution in [-0.4, -0.2) is 17.2 Å². The summed E-state index contributed by atoms with van der Waals surface area (Å²) in [7, 11) is -1.86. The number of halogens is 1. The zero-order valence-electron chi connectivity index (χ0n) is 26.9. The fourth-order valence-corrected chi connectivity index (χ4v) is 10.1. The molecule has 230 valence electrons. The molecule has 0 saturated heterocycles. The molecule has 0 saturated carbocycles. The maximum Gasteiger partial charge on any atom is 0.112 e. The molecule has 0 aliphatic heterocycles. The Morgan fingerprint density at radius 2 is 0.750 bits per heavy atom. The Balaban J connectivity index is 1.29. The zero-order chi connectivity index (χ0) is 32.4. The van der Waals surface area contributed by atoms with Crippen LogP contribution in [0.3, 0.4) is 0 Å². The van der Waals surface area contributed by atoms with Crippen LogP contribution in [0.5, 0.6) is 0 Å². The predicted octanol–water partition coefficient (Wildman–Crippen LogP) is 11.1. The third-order valence-corrected chi connectivity index (χ3v) is 14.2. The molecule has 0 bridgehead atoms. The van der Waals surface area contributed by atoms with Gasteiger partial charge in [0.25, 0.3) is 0 Å². The summed E-state index contributed by atoms with van der Waals surface area (Å²) in [5, 5.41) is 7.92. The molecule has 0 unspecified atom stereocenters. The van der Waals surface area contributed by atoms with Gasteiger partial charge in [0.05, 0.1) is 22.1 Å². The van der Waals surface area contributed by atoms with Gasteiger partial charge in [-0.2, -0.15) is 0 Å². The molecule has 9 rings (SSSR count). The minimum absolute atomic E-state index is 1.12. The molecule has 0 fully saturated rings. The highest BCUT2D eigenvalue weighted by Gasteiger charge is 2.26. The molecule has 2 aromatic heterocycles. The van der Waals surface area contributed by atoms with Crippen LogP contribution < -0.4 is 10.4 Å². The fraction of sp³-hybridized carbons (Fsp3) is 0.0455. The maximum absolute atomic E-state index is 3.61. The molecular weight excluding hydrogens is 664 g/mol. The maximum atomic E-state index is 3.61. The number of para-hydroxylation sites is 4. The minimum atomic E-state index is -1.86. The third-order valence-electron chi connectivity index (χ3n) is 10.1. The van der Waals surface area contributed by atoms with E-state index in [-0.39, 0.29) is 0 Å². The van der Waals surface area contributed by atoms with Gasteiger partial charge in [0.15, 0.2) is 0 Å². The second kappa shape index (κ2) is 11.2. The van der Waals surface area contributed by atoms with Crippen LogP contribution in [0.2, 0.25) is 13.1 Å². The van der Waals surface area contributed by atoms with Crippen molar-refractivity contribution >= 4 is 78.0 Å². The van der Waals surface area contributed by atoms with Gasteiger partial charge >= 0.3 is 0 Å². The van der Waals surface area contributed by atoms with E-state index in [1.807, 2.05) is 0 Å². The lowest BCUT2D eigenvalue weighted by Crippen LogP contribution is -2.52. The van der Waals surface area contributed by atoms with Crippen molar-refractivity contribution in [3.05, 3.63) is 168 Å². The number of hydrogen-bond acceptors (Lipinski definition) is 0. The molecule has 48 heavy (non-hydrogen) atoms. The van der Waals surface area contributed by atoms with Crippen molar-refractivity contribution in [1.29, 1.82) is 0 Å². The van der Waals surface area contributed by atoms with Crippen LogP contribution in [0.25, 0.3) is 66.1 Å². The standard InChI is InChI=1S/C44H33BrN2Si/c1-48(2,36-25-21-32(45)22-26-36)35-23-19-30(20-24-35)31-27-33(46-41-15-7-3-11-37(41)38-12-4-8-16-42(38)46)29-34(28-31)47-43-17-9-5-13-39(43)40-14-6-10-18-44(40)47/h3-29H,1-2H3. The highest BCUT2D eigenvalue weighted by atomic mass is 79.9. The number of hydrogen-bond donors (Lipinski definition) is 0. The summed E-state index contributed by atoms with van der Waals surface area (Å²) in [6, 6.07) is 60.4. The Bertz CT molecular complexity index is 2410. The van der Waals surface area contributed by atoms with Gasteiger partial charge in [-0.25, -0.2) is 0 Å². The molecule has 0 atom stereocenters. The normalized spacial score (nSPS) is 12.1. The Labute approximate surface area is 289 Å². The van der Waals surface area contributed by atoms with E-state index in [0.29, 0.717) is 0 Å². The predicted molar refractivity (Wildman–Crippen MR) is 211 cm³/mol. The Morgan fingerprint density at radius 1 is 0.396 bits per heavy atom. The Hall–Kier alpha value is -5.16. The van der Waals surface area contributed by atoms with Gasteiger partial charge in [-0.3, -0.25) is 0 Å². The molecule has 9 aromatic rings. The average Bonchev–Trinajstić information content (AvgIpc) is 3.65. The first kappa shape index (κ1) is 29.0. The first-order valence-corrected chi connectivity index (χ1v) is 20.3. The molecule has 0 N–H and O–H groups in total. The highest BCUT2D eigenvalue weighted by molar-refractivity contribution is 9.10. The van der Waals surface area contributed by atoms with E-state index < -0.39 is 8.07 Å². The second-order valence-electron chi connectivity index (χ2n) is 13.2. The molecule has 0 aliphatic carbocycles. The van der Waals surface area contributed by atoms with Gasteiger partial charge in [-0.1, -0.05) is 149 Å². The lowest BCUT2D eigenvalue weighted by Gasteiger charge is -2.24. The van der Waals surface area contributed by atoms with Crippen molar-refractivity contribution in [2.45, 2.75) is 13.1 Å². The Morgan fingerprint density at radius 3 is 1.15 bits per heavy atom. The lowest BCUT2D eigenvalue weighted by atomic mass is 10.0. The monoisotopic (exact) mass is 696 g/mol. The number of benzene rings is 7. The molecule has 2 nitrogen and oxygen atoms in total. The van der Waals surface area contributed by atoms with Crippen molar-refractivity contribution in [3.8, 4) is 22.5 Å². The molecule has 0 amide bonds. The number of nitrogens with zero attached hydrogens (tertiary/aromatic N) is 2. The van der Waals surface area contributed by atoms with E-state index in [0.717, 1.165) is 15.8 Å². The quantitative estimate of drug-likeness (QED) is 0.159. The van der Waals surface area contributed by atoms with Crippen LogP contribution in [0, 0.1) is 0 Å². The van der Waals surface area contributed by atoms with E-state index in [9.17, 15) is 0 Å². The molecule has 7 aromatic carbocycles. The van der Waals surface area contributed by atoms with Crippen LogP contribution >= 0.6 is 15.9 Å². The Kier molecular flexibility index (Phi) is 6.78. The van der Waals surface area contributed by atoms with Gasteiger partial charge in [-0.05, 0) is 65.7 Å². The fourth-order valence-electron chi connectivity index (χ4n) is 7.53. The first-order valence-electron chi connectivity index (χ1n) is 16.5. The van der Waals surface area contributed by atoms with E-state index >= 15 is 0 Å². The minimum Gasteiger partial charge on any atom is -0.309 e. The molecule has 2 heterocycles. The summed E-state index contributed by atoms with van der Waals surface area (Å²) in [6.45, 7) is 4.88. The molecule has 0 spiro atoms. The second-order valence-corrected chi connectivity index (χ2v) is 18.5.